The molecule has 4 aromatic carbocycles. The Morgan fingerprint density at radius 2 is 1.40 bits per heavy atom. The van der Waals surface area contributed by atoms with Crippen molar-refractivity contribution in [3.05, 3.63) is 139 Å². The first-order valence-corrected chi connectivity index (χ1v) is 23.4. The van der Waals surface area contributed by atoms with E-state index in [9.17, 15) is 14.4 Å². The van der Waals surface area contributed by atoms with Crippen LogP contribution < -0.4 is 21.2 Å². The number of hydrogen-bond acceptors (Lipinski definition) is 6. The summed E-state index contributed by atoms with van der Waals surface area (Å²) in [6.07, 6.45) is 0.996. The summed E-state index contributed by atoms with van der Waals surface area (Å²) in [7, 11) is -0.809. The highest BCUT2D eigenvalue weighted by Crippen LogP contribution is 2.50. The van der Waals surface area contributed by atoms with E-state index in [4.69, 9.17) is 9.16 Å². The molecule has 5 rings (SSSR count). The summed E-state index contributed by atoms with van der Waals surface area (Å²) in [5, 5.41) is 5.06. The summed E-state index contributed by atoms with van der Waals surface area (Å²) < 4.78 is 12.8. The van der Waals surface area contributed by atoms with Crippen LogP contribution in [-0.2, 0) is 30.0 Å². The van der Waals surface area contributed by atoms with Crippen LogP contribution in [0.2, 0.25) is 18.1 Å². The van der Waals surface area contributed by atoms with E-state index in [0.717, 1.165) is 15.9 Å². The second-order valence-electron chi connectivity index (χ2n) is 15.5. The van der Waals surface area contributed by atoms with Gasteiger partial charge in [0.05, 0.1) is 24.5 Å². The van der Waals surface area contributed by atoms with Crippen LogP contribution in [0.4, 0.5) is 0 Å². The highest BCUT2D eigenvalue weighted by atomic mass is 31.2. The molecule has 3 atom stereocenters. The van der Waals surface area contributed by atoms with Crippen LogP contribution in [-0.4, -0.2) is 68.0 Å². The summed E-state index contributed by atoms with van der Waals surface area (Å²) >= 11 is 0. The van der Waals surface area contributed by atoms with Gasteiger partial charge >= 0.3 is 5.97 Å². The lowest BCUT2D eigenvalue weighted by Gasteiger charge is -2.53. The Bertz CT molecular complexity index is 1980. The lowest BCUT2D eigenvalue weighted by Crippen LogP contribution is -2.69. The van der Waals surface area contributed by atoms with Gasteiger partial charge in [-0.1, -0.05) is 143 Å². The quantitative estimate of drug-likeness (QED) is 0.0363. The van der Waals surface area contributed by atoms with Gasteiger partial charge in [-0.15, -0.1) is 0 Å². The van der Waals surface area contributed by atoms with Gasteiger partial charge in [0.25, 0.3) is 0 Å². The number of Topliss-reactive ketones (excluding diaryl/α,β-unsaturated/α-hetero) is 1. The van der Waals surface area contributed by atoms with Crippen molar-refractivity contribution in [3.8, 4) is 0 Å². The maximum Gasteiger partial charge on any atom is 0.356 e. The van der Waals surface area contributed by atoms with Crippen LogP contribution in [0.15, 0.2) is 128 Å². The Balaban J connectivity index is 1.81. The largest absolute Gasteiger partial charge is 0.457 e. The second-order valence-corrected chi connectivity index (χ2v) is 23.5. The number of hydrogen-bond donors (Lipinski definition) is 1. The van der Waals surface area contributed by atoms with E-state index in [2.05, 4.69) is 45.8 Å². The smallest absolute Gasteiger partial charge is 0.356 e. The Kier molecular flexibility index (Phi) is 13.0. The molecule has 0 spiro atoms. The average molecular weight is 777 g/mol. The number of carbonyl (C=O) groups is 4. The lowest BCUT2D eigenvalue weighted by molar-refractivity contribution is -0.156. The van der Waals surface area contributed by atoms with Gasteiger partial charge in [-0.25, -0.2) is 4.79 Å². The number of likely N-dealkylation sites (tertiary alicyclic amines) is 1. The summed E-state index contributed by atoms with van der Waals surface area (Å²) in [6.45, 7) is 13.2. The predicted octanol–water partition coefficient (Wildman–Crippen LogP) is 6.64. The normalized spacial score (nSPS) is 16.4. The molecule has 1 heterocycles. The van der Waals surface area contributed by atoms with E-state index in [0.29, 0.717) is 11.1 Å². The number of ether oxygens (including phenoxy) is 1. The Morgan fingerprint density at radius 3 is 1.87 bits per heavy atom. The first-order chi connectivity index (χ1) is 26.2. The topological polar surface area (TPSA) is 102 Å². The maximum absolute atomic E-state index is 15.1. The van der Waals surface area contributed by atoms with Crippen LogP contribution in [0.5, 0.6) is 0 Å². The molecular weight excluding hydrogens is 724 g/mol. The van der Waals surface area contributed by atoms with Crippen LogP contribution >= 0.6 is 6.89 Å². The van der Waals surface area contributed by atoms with Crippen molar-refractivity contribution in [2.45, 2.75) is 70.8 Å². The Labute approximate surface area is 327 Å². The fourth-order valence-electron chi connectivity index (χ4n) is 7.08. The van der Waals surface area contributed by atoms with Gasteiger partial charge in [0, 0.05) is 25.9 Å². The minimum absolute atomic E-state index is 0.0707. The molecule has 1 aliphatic rings. The SMILES string of the molecule is C=CCOC(=O)C(N1C(=O)[C@H]([C@@H](C)O[Si](C)(C)C(C)(C)C)[C@H]1CC(=O)c1cccc(CC(=O)NC)c1)=P(c1ccccc1)(c1ccccc1)c1ccccc1. The third-order valence-corrected chi connectivity index (χ3v) is 19.7. The van der Waals surface area contributed by atoms with Gasteiger partial charge in [-0.05, 0) is 52.6 Å². The minimum Gasteiger partial charge on any atom is -0.457 e. The van der Waals surface area contributed by atoms with Crippen molar-refractivity contribution in [1.29, 1.82) is 0 Å². The molecule has 0 unspecified atom stereocenters. The van der Waals surface area contributed by atoms with Crippen LogP contribution in [0.3, 0.4) is 0 Å². The van der Waals surface area contributed by atoms with Gasteiger partial charge < -0.3 is 19.4 Å². The molecule has 4 aromatic rings. The Morgan fingerprint density at radius 1 is 0.873 bits per heavy atom. The van der Waals surface area contributed by atoms with E-state index >= 15 is 4.79 Å². The van der Waals surface area contributed by atoms with E-state index in [1.165, 1.54) is 6.08 Å². The van der Waals surface area contributed by atoms with Crippen molar-refractivity contribution >= 4 is 60.1 Å². The number of nitrogens with zero attached hydrogens (tertiary/aromatic N) is 1. The lowest BCUT2D eigenvalue weighted by atomic mass is 9.79. The molecule has 2 amide bonds. The zero-order valence-corrected chi connectivity index (χ0v) is 34.8. The van der Waals surface area contributed by atoms with Crippen LogP contribution in [0, 0.1) is 5.92 Å². The third kappa shape index (κ3) is 8.54. The molecule has 1 aliphatic heterocycles. The number of esters is 1. The molecule has 8 nitrogen and oxygen atoms in total. The first-order valence-electron chi connectivity index (χ1n) is 18.7. The molecule has 1 saturated heterocycles. The molecule has 10 heteroatoms. The fraction of sp³-hybridized carbons (Fsp3) is 0.311. The number of benzene rings is 4. The molecule has 0 saturated carbocycles. The van der Waals surface area contributed by atoms with Crippen molar-refractivity contribution in [2.75, 3.05) is 13.7 Å². The number of nitrogens with one attached hydrogen (secondary N) is 1. The highest BCUT2D eigenvalue weighted by molar-refractivity contribution is 7.96. The minimum atomic E-state index is -3.20. The summed E-state index contributed by atoms with van der Waals surface area (Å²) in [5.74, 6) is -2.06. The predicted molar refractivity (Wildman–Crippen MR) is 226 cm³/mol. The number of rotatable bonds is 15. The fourth-order valence-corrected chi connectivity index (χ4v) is 12.9. The van der Waals surface area contributed by atoms with E-state index < -0.39 is 39.2 Å². The monoisotopic (exact) mass is 776 g/mol. The van der Waals surface area contributed by atoms with Crippen molar-refractivity contribution in [1.82, 2.24) is 10.2 Å². The summed E-state index contributed by atoms with van der Waals surface area (Å²) in [6, 6.07) is 35.7. The average Bonchev–Trinajstić information content (AvgIpc) is 3.17. The van der Waals surface area contributed by atoms with Gasteiger partial charge in [0.2, 0.25) is 11.8 Å². The summed E-state index contributed by atoms with van der Waals surface area (Å²) in [4.78, 5) is 58.3. The van der Waals surface area contributed by atoms with E-state index in [1.54, 1.807) is 30.1 Å². The summed E-state index contributed by atoms with van der Waals surface area (Å²) in [5.41, 5.74) is 1.31. The van der Waals surface area contributed by atoms with E-state index in [-0.39, 0.29) is 47.5 Å². The maximum atomic E-state index is 15.1. The number of amides is 2. The standard InChI is InChI=1S/C45H53N2O6PSi/c1-9-28-52-44(51)43(54(35-22-13-10-14-23-35,36-24-15-11-16-25-36)37-26-17-12-18-27-37)47-38(41(42(47)50)32(2)53-55(7,8)45(3,4)5)31-39(48)34-21-19-20-33(29-34)30-40(49)46-6/h9-27,29,32,38,41H,1,28,30-31H2,2-8H3,(H,46,49)/t32-,38-,41-/m1/s1. The van der Waals surface area contributed by atoms with Crippen molar-refractivity contribution in [2.24, 2.45) is 5.92 Å². The van der Waals surface area contributed by atoms with Crippen molar-refractivity contribution in [3.63, 3.8) is 0 Å². The van der Waals surface area contributed by atoms with Gasteiger partial charge in [-0.3, -0.25) is 14.4 Å². The second kappa shape index (κ2) is 17.3. The molecular formula is C45H53N2O6PSi. The molecule has 55 heavy (non-hydrogen) atoms. The van der Waals surface area contributed by atoms with Crippen LogP contribution in [0.1, 0.15) is 50.0 Å². The molecule has 1 N–H and O–H groups in total. The number of carbonyl (C=O) groups excluding carboxylic acids is 4. The number of ketones is 1. The molecule has 0 radical (unpaired) electrons. The Hall–Kier alpha value is -4.82. The molecule has 1 fully saturated rings. The molecule has 0 aliphatic carbocycles. The number of β-lactam (4-membered cyclic amide) rings is 1. The van der Waals surface area contributed by atoms with Gasteiger partial charge in [0.15, 0.2) is 14.1 Å². The number of likely N-dealkylation sites (N-methyl/N-ethyl adjacent to an activating group) is 1. The highest BCUT2D eigenvalue weighted by Gasteiger charge is 2.57. The van der Waals surface area contributed by atoms with Gasteiger partial charge in [-0.2, -0.15) is 0 Å². The molecule has 0 aromatic heterocycles. The van der Waals surface area contributed by atoms with Crippen LogP contribution in [0.25, 0.3) is 0 Å². The first kappa shape index (κ1) is 41.3. The molecule has 0 bridgehead atoms. The van der Waals surface area contributed by atoms with Gasteiger partial charge in [0.1, 0.15) is 12.0 Å². The third-order valence-electron chi connectivity index (χ3n) is 10.8. The van der Waals surface area contributed by atoms with E-state index in [1.807, 2.05) is 104 Å². The zero-order valence-electron chi connectivity index (χ0n) is 33.0. The molecule has 288 valence electrons. The zero-order chi connectivity index (χ0) is 40.0. The van der Waals surface area contributed by atoms with Crippen molar-refractivity contribution < 1.29 is 28.3 Å².